The van der Waals surface area contributed by atoms with E-state index in [2.05, 4.69) is 34.2 Å². The molecule has 4 heteroatoms. The molecule has 0 spiro atoms. The fourth-order valence-electron chi connectivity index (χ4n) is 2.27. The third-order valence-electron chi connectivity index (χ3n) is 3.29. The van der Waals surface area contributed by atoms with E-state index >= 15 is 0 Å². The quantitative estimate of drug-likeness (QED) is 0.786. The smallest absolute Gasteiger partial charge is 0.131 e. The summed E-state index contributed by atoms with van der Waals surface area (Å²) < 4.78 is 0. The second kappa shape index (κ2) is 4.17. The van der Waals surface area contributed by atoms with Crippen LogP contribution in [0.15, 0.2) is 24.5 Å². The van der Waals surface area contributed by atoms with E-state index in [1.807, 2.05) is 12.3 Å². The summed E-state index contributed by atoms with van der Waals surface area (Å²) in [6.45, 7) is 2.13. The summed E-state index contributed by atoms with van der Waals surface area (Å²) in [4.78, 5) is 9.73. The number of H-pyrrole nitrogens is 1. The van der Waals surface area contributed by atoms with Crippen molar-refractivity contribution in [3.8, 4) is 0 Å². The van der Waals surface area contributed by atoms with Crippen molar-refractivity contribution in [2.75, 3.05) is 20.1 Å². The Balaban J connectivity index is 2.06. The molecule has 3 rings (SSSR count). The maximum Gasteiger partial charge on any atom is 0.131 e. The molecule has 0 saturated heterocycles. The molecule has 17 heavy (non-hydrogen) atoms. The van der Waals surface area contributed by atoms with Crippen molar-refractivity contribution >= 4 is 28.1 Å². The molecule has 3 heterocycles. The van der Waals surface area contributed by atoms with Crippen molar-refractivity contribution in [2.24, 2.45) is 0 Å². The molecule has 1 aliphatic heterocycles. The summed E-state index contributed by atoms with van der Waals surface area (Å²) in [7, 11) is 2.14. The zero-order valence-corrected chi connectivity index (χ0v) is 10.5. The van der Waals surface area contributed by atoms with E-state index in [1.165, 1.54) is 11.1 Å². The van der Waals surface area contributed by atoms with Gasteiger partial charge in [-0.05, 0) is 25.1 Å². The van der Waals surface area contributed by atoms with Crippen molar-refractivity contribution in [1.82, 2.24) is 14.9 Å². The summed E-state index contributed by atoms with van der Waals surface area (Å²) >= 11 is 5.88. The maximum absolute atomic E-state index is 5.88. The zero-order valence-electron chi connectivity index (χ0n) is 9.70. The molecular formula is C13H14ClN3. The first-order chi connectivity index (χ1) is 8.24. The number of hydrogen-bond acceptors (Lipinski definition) is 2. The number of aromatic amines is 1. The minimum atomic E-state index is 0.531. The summed E-state index contributed by atoms with van der Waals surface area (Å²) in [5, 5.41) is 1.69. The van der Waals surface area contributed by atoms with Crippen LogP contribution in [0.2, 0.25) is 5.15 Å². The molecule has 0 radical (unpaired) electrons. The van der Waals surface area contributed by atoms with Gasteiger partial charge in [0.1, 0.15) is 5.15 Å². The third kappa shape index (κ3) is 1.96. The number of likely N-dealkylation sites (N-methyl/N-ethyl adjacent to an activating group) is 1. The standard InChI is InChI=1S/C13H14ClN3/c1-17-4-2-9(3-5-17)10-7-15-12-6-13(14)16-8-11(10)12/h2,6-8,15H,3-5H2,1H3. The molecule has 0 bridgehead atoms. The van der Waals surface area contributed by atoms with Crippen molar-refractivity contribution < 1.29 is 0 Å². The van der Waals surface area contributed by atoms with E-state index in [1.54, 1.807) is 0 Å². The van der Waals surface area contributed by atoms with E-state index in [4.69, 9.17) is 11.6 Å². The third-order valence-corrected chi connectivity index (χ3v) is 3.50. The lowest BCUT2D eigenvalue weighted by Crippen LogP contribution is -2.23. The Kier molecular flexibility index (Phi) is 2.65. The first kappa shape index (κ1) is 10.8. The van der Waals surface area contributed by atoms with Crippen LogP contribution in [0.5, 0.6) is 0 Å². The molecule has 2 aromatic rings. The van der Waals surface area contributed by atoms with E-state index in [-0.39, 0.29) is 0 Å². The lowest BCUT2D eigenvalue weighted by Gasteiger charge is -2.21. The van der Waals surface area contributed by atoms with Gasteiger partial charge in [0.15, 0.2) is 0 Å². The number of rotatable bonds is 1. The first-order valence-corrected chi connectivity index (χ1v) is 6.12. The molecule has 0 aliphatic carbocycles. The van der Waals surface area contributed by atoms with Crippen LogP contribution >= 0.6 is 11.6 Å². The Hall–Kier alpha value is -1.32. The molecule has 0 saturated carbocycles. The molecule has 0 atom stereocenters. The second-order valence-electron chi connectivity index (χ2n) is 4.50. The zero-order chi connectivity index (χ0) is 11.8. The van der Waals surface area contributed by atoms with Crippen molar-refractivity contribution in [3.05, 3.63) is 35.3 Å². The monoisotopic (exact) mass is 247 g/mol. The van der Waals surface area contributed by atoms with Gasteiger partial charge in [-0.25, -0.2) is 4.98 Å². The first-order valence-electron chi connectivity index (χ1n) is 5.74. The normalized spacial score (nSPS) is 17.4. The van der Waals surface area contributed by atoms with Crippen molar-refractivity contribution in [2.45, 2.75) is 6.42 Å². The van der Waals surface area contributed by atoms with Gasteiger partial charge in [0.2, 0.25) is 0 Å². The van der Waals surface area contributed by atoms with E-state index in [0.717, 1.165) is 30.4 Å². The maximum atomic E-state index is 5.88. The number of pyridine rings is 1. The minimum absolute atomic E-state index is 0.531. The summed E-state index contributed by atoms with van der Waals surface area (Å²) in [5.74, 6) is 0. The molecule has 2 aromatic heterocycles. The Bertz CT molecular complexity index is 585. The number of aromatic nitrogens is 2. The SMILES string of the molecule is CN1CC=C(c2c[nH]c3cc(Cl)ncc23)CC1. The highest BCUT2D eigenvalue weighted by atomic mass is 35.5. The highest BCUT2D eigenvalue weighted by molar-refractivity contribution is 6.30. The van der Waals surface area contributed by atoms with Crippen molar-refractivity contribution in [1.29, 1.82) is 0 Å². The average molecular weight is 248 g/mol. The van der Waals surface area contributed by atoms with Crippen LogP contribution < -0.4 is 0 Å². The Morgan fingerprint density at radius 3 is 3.12 bits per heavy atom. The van der Waals surface area contributed by atoms with Crippen LogP contribution in [0.25, 0.3) is 16.5 Å². The number of nitrogens with one attached hydrogen (secondary N) is 1. The van der Waals surface area contributed by atoms with Crippen LogP contribution in [0.3, 0.4) is 0 Å². The summed E-state index contributed by atoms with van der Waals surface area (Å²) in [6, 6.07) is 1.87. The van der Waals surface area contributed by atoms with Gasteiger partial charge in [-0.1, -0.05) is 17.7 Å². The number of halogens is 1. The predicted molar refractivity (Wildman–Crippen MR) is 71.2 cm³/mol. The summed E-state index contributed by atoms with van der Waals surface area (Å²) in [5.41, 5.74) is 3.72. The largest absolute Gasteiger partial charge is 0.360 e. The topological polar surface area (TPSA) is 31.9 Å². The van der Waals surface area contributed by atoms with Gasteiger partial charge in [0, 0.05) is 36.4 Å². The fourth-order valence-corrected chi connectivity index (χ4v) is 2.43. The van der Waals surface area contributed by atoms with Gasteiger partial charge in [-0.2, -0.15) is 0 Å². The van der Waals surface area contributed by atoms with Crippen LogP contribution in [0.1, 0.15) is 12.0 Å². The molecular weight excluding hydrogens is 234 g/mol. The number of nitrogens with zero attached hydrogens (tertiary/aromatic N) is 2. The second-order valence-corrected chi connectivity index (χ2v) is 4.88. The van der Waals surface area contributed by atoms with Crippen LogP contribution in [-0.4, -0.2) is 35.0 Å². The van der Waals surface area contributed by atoms with Gasteiger partial charge in [0.05, 0.1) is 5.52 Å². The van der Waals surface area contributed by atoms with Crippen LogP contribution in [0, 0.1) is 0 Å². The van der Waals surface area contributed by atoms with Gasteiger partial charge in [-0.3, -0.25) is 0 Å². The Labute approximate surface area is 105 Å². The summed E-state index contributed by atoms with van der Waals surface area (Å²) in [6.07, 6.45) is 7.29. The van der Waals surface area contributed by atoms with Gasteiger partial charge < -0.3 is 9.88 Å². The van der Waals surface area contributed by atoms with Gasteiger partial charge >= 0.3 is 0 Å². The van der Waals surface area contributed by atoms with Crippen LogP contribution in [0.4, 0.5) is 0 Å². The van der Waals surface area contributed by atoms with Crippen molar-refractivity contribution in [3.63, 3.8) is 0 Å². The average Bonchev–Trinajstić information content (AvgIpc) is 2.73. The van der Waals surface area contributed by atoms with E-state index in [9.17, 15) is 0 Å². The van der Waals surface area contributed by atoms with Crippen LogP contribution in [-0.2, 0) is 0 Å². The lowest BCUT2D eigenvalue weighted by atomic mass is 10.00. The molecule has 88 valence electrons. The molecule has 0 fully saturated rings. The Morgan fingerprint density at radius 1 is 1.47 bits per heavy atom. The fraction of sp³-hybridized carbons (Fsp3) is 0.308. The number of hydrogen-bond donors (Lipinski definition) is 1. The highest BCUT2D eigenvalue weighted by Gasteiger charge is 2.13. The van der Waals surface area contributed by atoms with Gasteiger partial charge in [0.25, 0.3) is 0 Å². The molecule has 3 nitrogen and oxygen atoms in total. The predicted octanol–water partition coefficient (Wildman–Crippen LogP) is 2.94. The van der Waals surface area contributed by atoms with E-state index in [0.29, 0.717) is 5.15 Å². The Morgan fingerprint density at radius 2 is 2.35 bits per heavy atom. The molecule has 0 aromatic carbocycles. The number of fused-ring (bicyclic) bond motifs is 1. The molecule has 1 aliphatic rings. The highest BCUT2D eigenvalue weighted by Crippen LogP contribution is 2.29. The minimum Gasteiger partial charge on any atom is -0.360 e. The molecule has 1 N–H and O–H groups in total. The molecule has 0 unspecified atom stereocenters. The van der Waals surface area contributed by atoms with E-state index < -0.39 is 0 Å². The van der Waals surface area contributed by atoms with Gasteiger partial charge in [-0.15, -0.1) is 0 Å². The molecule has 0 amide bonds. The lowest BCUT2D eigenvalue weighted by molar-refractivity contribution is 0.370.